The van der Waals surface area contributed by atoms with Crippen LogP contribution in [0.25, 0.3) is 11.4 Å². The molecule has 0 aliphatic heterocycles. The predicted octanol–water partition coefficient (Wildman–Crippen LogP) is 2.55. The van der Waals surface area contributed by atoms with Crippen LogP contribution in [-0.4, -0.2) is 19.7 Å². The molecule has 2 aromatic heterocycles. The van der Waals surface area contributed by atoms with E-state index in [4.69, 9.17) is 4.98 Å². The Hall–Kier alpha value is -1.58. The van der Waals surface area contributed by atoms with E-state index < -0.39 is 0 Å². The number of aryl methyl sites for hydroxylation is 3. The van der Waals surface area contributed by atoms with E-state index >= 15 is 0 Å². The summed E-state index contributed by atoms with van der Waals surface area (Å²) in [6, 6.07) is 0. The highest BCUT2D eigenvalue weighted by Crippen LogP contribution is 2.29. The Morgan fingerprint density at radius 3 is 2.78 bits per heavy atom. The van der Waals surface area contributed by atoms with E-state index in [0.29, 0.717) is 0 Å². The van der Waals surface area contributed by atoms with E-state index in [2.05, 4.69) is 23.9 Å². The van der Waals surface area contributed by atoms with E-state index in [1.807, 2.05) is 18.7 Å². The molecule has 96 valence electrons. The van der Waals surface area contributed by atoms with Crippen LogP contribution in [0.2, 0.25) is 0 Å². The average molecular weight is 244 g/mol. The molecule has 0 amide bonds. The molecule has 0 bridgehead atoms. The van der Waals surface area contributed by atoms with Crippen molar-refractivity contribution in [3.63, 3.8) is 0 Å². The first kappa shape index (κ1) is 11.5. The van der Waals surface area contributed by atoms with Gasteiger partial charge in [-0.25, -0.2) is 4.98 Å². The molecule has 1 aliphatic carbocycles. The second-order valence-corrected chi connectivity index (χ2v) is 5.53. The smallest absolute Gasteiger partial charge is 0.141 e. The molecule has 4 nitrogen and oxygen atoms in total. The summed E-state index contributed by atoms with van der Waals surface area (Å²) in [5.41, 5.74) is 5.97. The Labute approximate surface area is 107 Å². The molecule has 1 aliphatic rings. The van der Waals surface area contributed by atoms with Crippen LogP contribution >= 0.6 is 0 Å². The monoisotopic (exact) mass is 244 g/mol. The van der Waals surface area contributed by atoms with Crippen LogP contribution in [-0.2, 0) is 19.9 Å². The van der Waals surface area contributed by atoms with Crippen molar-refractivity contribution in [2.45, 2.75) is 40.0 Å². The summed E-state index contributed by atoms with van der Waals surface area (Å²) in [7, 11) is 1.98. The van der Waals surface area contributed by atoms with E-state index in [1.54, 1.807) is 0 Å². The molecule has 0 aromatic carbocycles. The molecule has 4 heteroatoms. The van der Waals surface area contributed by atoms with Gasteiger partial charge in [0.05, 0.1) is 17.0 Å². The molecule has 1 unspecified atom stereocenters. The maximum atomic E-state index is 4.78. The Kier molecular flexibility index (Phi) is 2.54. The third kappa shape index (κ3) is 1.67. The predicted molar refractivity (Wildman–Crippen MR) is 71.5 cm³/mol. The second kappa shape index (κ2) is 3.97. The minimum Gasteiger partial charge on any atom is -0.341 e. The summed E-state index contributed by atoms with van der Waals surface area (Å²) in [5, 5.41) is 4.46. The number of hydrogen-bond acceptors (Lipinski definition) is 2. The molecule has 0 radical (unpaired) electrons. The fraction of sp³-hybridized carbons (Fsp3) is 0.571. The van der Waals surface area contributed by atoms with Crippen molar-refractivity contribution in [1.82, 2.24) is 19.7 Å². The Bertz CT molecular complexity index is 591. The summed E-state index contributed by atoms with van der Waals surface area (Å²) in [6.45, 7) is 6.45. The number of hydrogen-bond donors (Lipinski definition) is 1. The standard InChI is InChI=1S/C14H20N4/c1-8-5-6-11-12(7-8)16-14(15-11)13-9(2)17-18(4)10(13)3/h8H,5-7H2,1-4H3,(H,15,16). The van der Waals surface area contributed by atoms with Crippen molar-refractivity contribution < 1.29 is 0 Å². The van der Waals surface area contributed by atoms with Gasteiger partial charge in [-0.1, -0.05) is 6.92 Å². The van der Waals surface area contributed by atoms with Gasteiger partial charge in [0.25, 0.3) is 0 Å². The van der Waals surface area contributed by atoms with Crippen molar-refractivity contribution in [3.05, 3.63) is 22.8 Å². The Balaban J connectivity index is 2.08. The van der Waals surface area contributed by atoms with Crippen LogP contribution < -0.4 is 0 Å². The van der Waals surface area contributed by atoms with Crippen LogP contribution in [0.1, 0.15) is 36.1 Å². The van der Waals surface area contributed by atoms with Crippen molar-refractivity contribution in [2.75, 3.05) is 0 Å². The first-order valence-corrected chi connectivity index (χ1v) is 6.64. The molecule has 2 heterocycles. The minimum atomic E-state index is 0.766. The lowest BCUT2D eigenvalue weighted by molar-refractivity contribution is 0.492. The number of aromatic nitrogens is 4. The van der Waals surface area contributed by atoms with Gasteiger partial charge in [-0.15, -0.1) is 0 Å². The lowest BCUT2D eigenvalue weighted by atomic mass is 9.92. The fourth-order valence-corrected chi connectivity index (χ4v) is 2.89. The molecule has 3 rings (SSSR count). The molecule has 18 heavy (non-hydrogen) atoms. The largest absolute Gasteiger partial charge is 0.341 e. The highest BCUT2D eigenvalue weighted by Gasteiger charge is 2.22. The minimum absolute atomic E-state index is 0.766. The van der Waals surface area contributed by atoms with Gasteiger partial charge in [0.15, 0.2) is 0 Å². The van der Waals surface area contributed by atoms with Gasteiger partial charge in [-0.2, -0.15) is 5.10 Å². The summed E-state index contributed by atoms with van der Waals surface area (Å²) < 4.78 is 1.93. The van der Waals surface area contributed by atoms with Gasteiger partial charge < -0.3 is 4.98 Å². The molecule has 1 atom stereocenters. The maximum absolute atomic E-state index is 4.78. The average Bonchev–Trinajstić information content (AvgIpc) is 2.80. The quantitative estimate of drug-likeness (QED) is 0.838. The molecule has 0 spiro atoms. The van der Waals surface area contributed by atoms with E-state index in [9.17, 15) is 0 Å². The van der Waals surface area contributed by atoms with E-state index in [1.165, 1.54) is 29.1 Å². The molecular formula is C14H20N4. The first-order valence-electron chi connectivity index (χ1n) is 6.64. The molecule has 0 fully saturated rings. The third-order valence-corrected chi connectivity index (χ3v) is 4.04. The molecule has 2 aromatic rings. The van der Waals surface area contributed by atoms with Crippen molar-refractivity contribution >= 4 is 0 Å². The molecular weight excluding hydrogens is 224 g/mol. The normalized spacial score (nSPS) is 19.0. The highest BCUT2D eigenvalue weighted by atomic mass is 15.3. The van der Waals surface area contributed by atoms with Crippen molar-refractivity contribution in [1.29, 1.82) is 0 Å². The summed E-state index contributed by atoms with van der Waals surface area (Å²) in [6.07, 6.45) is 3.48. The lowest BCUT2D eigenvalue weighted by Gasteiger charge is -2.15. The number of rotatable bonds is 1. The van der Waals surface area contributed by atoms with Gasteiger partial charge in [0, 0.05) is 18.4 Å². The second-order valence-electron chi connectivity index (χ2n) is 5.53. The van der Waals surface area contributed by atoms with Crippen LogP contribution in [0.4, 0.5) is 0 Å². The number of nitrogens with zero attached hydrogens (tertiary/aromatic N) is 3. The zero-order valence-electron chi connectivity index (χ0n) is 11.5. The van der Waals surface area contributed by atoms with Gasteiger partial charge in [0.2, 0.25) is 0 Å². The van der Waals surface area contributed by atoms with E-state index in [0.717, 1.165) is 30.3 Å². The van der Waals surface area contributed by atoms with Crippen molar-refractivity contribution in [2.24, 2.45) is 13.0 Å². The number of nitrogens with one attached hydrogen (secondary N) is 1. The van der Waals surface area contributed by atoms with E-state index in [-0.39, 0.29) is 0 Å². The topological polar surface area (TPSA) is 46.5 Å². The number of aromatic amines is 1. The molecule has 0 saturated heterocycles. The van der Waals surface area contributed by atoms with Crippen LogP contribution in [0.3, 0.4) is 0 Å². The molecule has 1 N–H and O–H groups in total. The van der Waals surface area contributed by atoms with Crippen LogP contribution in [0, 0.1) is 19.8 Å². The van der Waals surface area contributed by atoms with Crippen LogP contribution in [0.5, 0.6) is 0 Å². The fourth-order valence-electron chi connectivity index (χ4n) is 2.89. The van der Waals surface area contributed by atoms with Gasteiger partial charge in [0.1, 0.15) is 5.82 Å². The SMILES string of the molecule is Cc1nn(C)c(C)c1-c1nc2c([nH]1)CC(C)CC2. The summed E-state index contributed by atoms with van der Waals surface area (Å²) in [5.74, 6) is 1.76. The first-order chi connectivity index (χ1) is 8.56. The number of imidazole rings is 1. The van der Waals surface area contributed by atoms with Gasteiger partial charge in [-0.3, -0.25) is 4.68 Å². The third-order valence-electron chi connectivity index (χ3n) is 4.04. The van der Waals surface area contributed by atoms with Crippen molar-refractivity contribution in [3.8, 4) is 11.4 Å². The Morgan fingerprint density at radius 1 is 1.33 bits per heavy atom. The zero-order valence-corrected chi connectivity index (χ0v) is 11.5. The highest BCUT2D eigenvalue weighted by molar-refractivity contribution is 5.62. The summed E-state index contributed by atoms with van der Waals surface area (Å²) >= 11 is 0. The van der Waals surface area contributed by atoms with Gasteiger partial charge in [-0.05, 0) is 39.0 Å². The Morgan fingerprint density at radius 2 is 2.11 bits per heavy atom. The lowest BCUT2D eigenvalue weighted by Crippen LogP contribution is -2.10. The van der Waals surface area contributed by atoms with Crippen LogP contribution in [0.15, 0.2) is 0 Å². The number of H-pyrrole nitrogens is 1. The maximum Gasteiger partial charge on any atom is 0.141 e. The van der Waals surface area contributed by atoms with Gasteiger partial charge >= 0.3 is 0 Å². The molecule has 0 saturated carbocycles. The number of fused-ring (bicyclic) bond motifs is 1. The summed E-state index contributed by atoms with van der Waals surface area (Å²) in [4.78, 5) is 8.29. The zero-order chi connectivity index (χ0) is 12.9.